The summed E-state index contributed by atoms with van der Waals surface area (Å²) in [6, 6.07) is 57.5. The van der Waals surface area contributed by atoms with Gasteiger partial charge in [-0.2, -0.15) is 0 Å². The van der Waals surface area contributed by atoms with E-state index >= 15 is 0 Å². The van der Waals surface area contributed by atoms with Crippen LogP contribution in [0, 0.1) is 0 Å². The first-order valence-corrected chi connectivity index (χ1v) is 18.9. The summed E-state index contributed by atoms with van der Waals surface area (Å²) in [6.45, 7) is 0. The lowest BCUT2D eigenvalue weighted by Crippen LogP contribution is -2.09. The van der Waals surface area contributed by atoms with Crippen molar-refractivity contribution < 1.29 is 11.0 Å². The quantitative estimate of drug-likeness (QED) is 0.150. The Morgan fingerprint density at radius 3 is 1.39 bits per heavy atom. The Labute approximate surface area is 345 Å². The monoisotopic (exact) mass is 733 g/mol. The molecule has 0 aliphatic carbocycles. The van der Waals surface area contributed by atoms with E-state index in [1.807, 2.05) is 121 Å². The first-order chi connectivity index (χ1) is 31.6. The summed E-state index contributed by atoms with van der Waals surface area (Å²) in [6.07, 6.45) is 0. The van der Waals surface area contributed by atoms with E-state index in [0.717, 1.165) is 54.9 Å². The molecule has 0 saturated heterocycles. The molecule has 268 valence electrons. The Morgan fingerprint density at radius 1 is 0.281 bits per heavy atom. The van der Waals surface area contributed by atoms with Crippen LogP contribution in [-0.4, -0.2) is 0 Å². The van der Waals surface area contributed by atoms with Gasteiger partial charge in [-0.05, 0) is 120 Å². The number of hydrogen-bond donors (Lipinski definition) is 0. The van der Waals surface area contributed by atoms with Crippen molar-refractivity contribution in [3.8, 4) is 55.6 Å². The Bertz CT molecular complexity index is 3390. The fourth-order valence-electron chi connectivity index (χ4n) is 7.52. The second kappa shape index (κ2) is 15.0. The molecule has 0 saturated carbocycles. The van der Waals surface area contributed by atoms with E-state index in [0.29, 0.717) is 16.8 Å². The van der Waals surface area contributed by atoms with E-state index in [1.54, 1.807) is 30.3 Å². The van der Waals surface area contributed by atoms with Crippen LogP contribution in [0.2, 0.25) is 0 Å². The van der Waals surface area contributed by atoms with Gasteiger partial charge >= 0.3 is 0 Å². The van der Waals surface area contributed by atoms with Crippen molar-refractivity contribution in [2.24, 2.45) is 0 Å². The van der Waals surface area contributed by atoms with E-state index in [-0.39, 0.29) is 46.7 Å². The lowest BCUT2D eigenvalue weighted by Gasteiger charge is -2.26. The lowest BCUT2D eigenvalue weighted by molar-refractivity contribution is 1.28. The van der Waals surface area contributed by atoms with E-state index < -0.39 is 24.2 Å². The maximum absolute atomic E-state index is 9.56. The second-order valence-corrected chi connectivity index (χ2v) is 13.9. The van der Waals surface area contributed by atoms with Crippen molar-refractivity contribution in [2.45, 2.75) is 0 Å². The van der Waals surface area contributed by atoms with Crippen molar-refractivity contribution >= 4 is 38.6 Å². The molecule has 0 aromatic heterocycles. The van der Waals surface area contributed by atoms with Gasteiger partial charge in [0.2, 0.25) is 0 Å². The number of rotatable bonds is 8. The zero-order chi connectivity index (χ0) is 44.9. The SMILES string of the molecule is [2H]c1c([2H])c(N(c2ccc(-c3ccc4ccccc4c3-c3ccccc3)cc2)c2c([2H])c([2H])c(-c3ccc4ccccc4c3)c([2H])c2[2H])c([2H])c([2H])c1-c1ccc(-c2ccccc2)cc1. The molecular weight excluding hydrogens is 687 g/mol. The van der Waals surface area contributed by atoms with Crippen LogP contribution >= 0.6 is 0 Å². The Hall–Kier alpha value is -7.48. The van der Waals surface area contributed by atoms with Crippen LogP contribution in [-0.2, 0) is 0 Å². The second-order valence-electron chi connectivity index (χ2n) is 13.9. The molecule has 1 nitrogen and oxygen atoms in total. The van der Waals surface area contributed by atoms with Crippen LogP contribution in [0.1, 0.15) is 11.0 Å². The minimum atomic E-state index is -0.395. The number of benzene rings is 10. The zero-order valence-corrected chi connectivity index (χ0v) is 30.8. The molecule has 10 aromatic carbocycles. The Morgan fingerprint density at radius 2 is 0.737 bits per heavy atom. The summed E-state index contributed by atoms with van der Waals surface area (Å²) >= 11 is 0. The molecular formula is C56H39N. The normalized spacial score (nSPS) is 13.1. The largest absolute Gasteiger partial charge is 0.311 e. The zero-order valence-electron chi connectivity index (χ0n) is 38.8. The highest BCUT2D eigenvalue weighted by Gasteiger charge is 2.16. The fraction of sp³-hybridized carbons (Fsp3) is 0. The summed E-state index contributed by atoms with van der Waals surface area (Å²) < 4.78 is 75.8. The number of anilines is 3. The van der Waals surface area contributed by atoms with Gasteiger partial charge in [0.05, 0.1) is 11.0 Å². The van der Waals surface area contributed by atoms with Crippen molar-refractivity contribution in [1.82, 2.24) is 0 Å². The molecule has 10 aromatic rings. The molecule has 0 bridgehead atoms. The summed E-state index contributed by atoms with van der Waals surface area (Å²) in [4.78, 5) is 1.36. The molecule has 0 fully saturated rings. The predicted octanol–water partition coefficient (Wildman–Crippen LogP) is 15.8. The summed E-state index contributed by atoms with van der Waals surface area (Å²) in [5.41, 5.74) is 7.00. The maximum Gasteiger partial charge on any atom is 0.0645 e. The summed E-state index contributed by atoms with van der Waals surface area (Å²) in [5.74, 6) is 0. The molecule has 0 atom stereocenters. The standard InChI is InChI=1S/C56H39N/c1-3-11-40(12-4-1)42-19-21-43(22-20-42)44-25-32-51(33-26-44)57(52-34-27-45(28-35-52)50-24-23-41-13-7-8-17-49(41)39-50)53-36-29-47(30-37-53)55-38-31-46-14-9-10-18-54(46)56(55)48-15-5-2-6-16-48/h1-39H/i25D,26D,27D,28D,32D,33D,34D,35D. The van der Waals surface area contributed by atoms with Crippen LogP contribution < -0.4 is 4.90 Å². The molecule has 1 heteroatoms. The Balaban J connectivity index is 1.17. The molecule has 0 aliphatic rings. The molecule has 57 heavy (non-hydrogen) atoms. The minimum Gasteiger partial charge on any atom is -0.311 e. The van der Waals surface area contributed by atoms with Crippen LogP contribution in [0.4, 0.5) is 17.1 Å². The third-order valence-electron chi connectivity index (χ3n) is 10.4. The van der Waals surface area contributed by atoms with Crippen LogP contribution in [0.15, 0.2) is 236 Å². The molecule has 0 unspecified atom stereocenters. The van der Waals surface area contributed by atoms with Crippen molar-refractivity contribution in [2.75, 3.05) is 4.90 Å². The van der Waals surface area contributed by atoms with E-state index in [4.69, 9.17) is 0 Å². The highest BCUT2D eigenvalue weighted by atomic mass is 15.1. The molecule has 0 heterocycles. The first-order valence-electron chi connectivity index (χ1n) is 22.9. The third kappa shape index (κ3) is 6.77. The average Bonchev–Trinajstić information content (AvgIpc) is 3.35. The first kappa shape index (κ1) is 26.3. The van der Waals surface area contributed by atoms with Gasteiger partial charge < -0.3 is 4.90 Å². The van der Waals surface area contributed by atoms with Gasteiger partial charge in [0.1, 0.15) is 0 Å². The Kier molecular flexibility index (Phi) is 6.92. The van der Waals surface area contributed by atoms with Gasteiger partial charge in [-0.3, -0.25) is 0 Å². The highest BCUT2D eigenvalue weighted by molar-refractivity contribution is 6.04. The predicted molar refractivity (Wildman–Crippen MR) is 243 cm³/mol. The average molecular weight is 734 g/mol. The van der Waals surface area contributed by atoms with Gasteiger partial charge in [-0.15, -0.1) is 0 Å². The molecule has 0 aliphatic heterocycles. The number of hydrogen-bond acceptors (Lipinski definition) is 1. The lowest BCUT2D eigenvalue weighted by atomic mass is 9.90. The molecule has 0 N–H and O–H groups in total. The number of nitrogens with zero attached hydrogens (tertiary/aromatic N) is 1. The topological polar surface area (TPSA) is 3.24 Å². The van der Waals surface area contributed by atoms with Gasteiger partial charge in [0.25, 0.3) is 0 Å². The van der Waals surface area contributed by atoms with Crippen LogP contribution in [0.25, 0.3) is 77.2 Å². The minimum absolute atomic E-state index is 0.106. The molecule has 10 rings (SSSR count). The van der Waals surface area contributed by atoms with Gasteiger partial charge in [0, 0.05) is 17.1 Å². The van der Waals surface area contributed by atoms with Crippen molar-refractivity contribution in [3.63, 3.8) is 0 Å². The number of fused-ring (bicyclic) bond motifs is 2. The van der Waals surface area contributed by atoms with Crippen LogP contribution in [0.3, 0.4) is 0 Å². The van der Waals surface area contributed by atoms with E-state index in [2.05, 4.69) is 36.4 Å². The van der Waals surface area contributed by atoms with Gasteiger partial charge in [-0.25, -0.2) is 0 Å². The van der Waals surface area contributed by atoms with Crippen LogP contribution in [0.5, 0.6) is 0 Å². The van der Waals surface area contributed by atoms with E-state index in [1.165, 1.54) is 4.90 Å². The third-order valence-corrected chi connectivity index (χ3v) is 10.4. The molecule has 0 amide bonds. The van der Waals surface area contributed by atoms with Gasteiger partial charge in [0.15, 0.2) is 0 Å². The fourth-order valence-corrected chi connectivity index (χ4v) is 7.52. The summed E-state index contributed by atoms with van der Waals surface area (Å²) in [5, 5.41) is 4.02. The van der Waals surface area contributed by atoms with Gasteiger partial charge in [-0.1, -0.05) is 194 Å². The summed E-state index contributed by atoms with van der Waals surface area (Å²) in [7, 11) is 0. The highest BCUT2D eigenvalue weighted by Crippen LogP contribution is 2.41. The van der Waals surface area contributed by atoms with E-state index in [9.17, 15) is 11.0 Å². The molecule has 0 radical (unpaired) electrons. The smallest absolute Gasteiger partial charge is 0.0645 e. The van der Waals surface area contributed by atoms with Crippen molar-refractivity contribution in [1.29, 1.82) is 0 Å². The molecule has 0 spiro atoms. The maximum atomic E-state index is 9.56. The van der Waals surface area contributed by atoms with Crippen molar-refractivity contribution in [3.05, 3.63) is 236 Å².